The van der Waals surface area contributed by atoms with Gasteiger partial charge in [-0.15, -0.1) is 0 Å². The summed E-state index contributed by atoms with van der Waals surface area (Å²) in [6.07, 6.45) is 2.15. The van der Waals surface area contributed by atoms with Crippen molar-refractivity contribution in [2.24, 2.45) is 0 Å². The zero-order valence-corrected chi connectivity index (χ0v) is 11.5. The number of rotatable bonds is 1. The molecule has 0 radical (unpaired) electrons. The first-order chi connectivity index (χ1) is 6.84. The van der Waals surface area contributed by atoms with Crippen molar-refractivity contribution in [2.45, 2.75) is 12.8 Å². The molecule has 0 spiro atoms. The summed E-state index contributed by atoms with van der Waals surface area (Å²) in [6.45, 7) is 1.25. The second kappa shape index (κ2) is 7.94. The lowest BCUT2D eigenvalue weighted by Gasteiger charge is -1.94. The molecule has 0 bridgehead atoms. The van der Waals surface area contributed by atoms with E-state index in [1.165, 1.54) is 0 Å². The SMILES string of the molecule is O=CC1=C(Cl)CCOCC1.O=P(Cl)(Cl)Cl. The predicted molar refractivity (Wildman–Crippen MR) is 64.2 cm³/mol. The summed E-state index contributed by atoms with van der Waals surface area (Å²) >= 11 is 19.6. The molecule has 1 aliphatic heterocycles. The molecule has 1 heterocycles. The first kappa shape index (κ1) is 15.8. The summed E-state index contributed by atoms with van der Waals surface area (Å²) in [6, 6.07) is 0. The summed E-state index contributed by atoms with van der Waals surface area (Å²) in [7, 11) is 0. The molecule has 0 N–H and O–H groups in total. The Morgan fingerprint density at radius 1 is 1.20 bits per heavy atom. The zero-order valence-electron chi connectivity index (χ0n) is 7.59. The van der Waals surface area contributed by atoms with Gasteiger partial charge in [0.15, 0.2) is 0 Å². The van der Waals surface area contributed by atoms with Crippen LogP contribution in [0.25, 0.3) is 0 Å². The number of aldehydes is 1. The number of ether oxygens (including phenoxy) is 1. The highest BCUT2D eigenvalue weighted by Crippen LogP contribution is 2.61. The smallest absolute Gasteiger partial charge is 0.339 e. The Morgan fingerprint density at radius 2 is 1.67 bits per heavy atom. The molecule has 0 aromatic rings. The standard InChI is InChI=1S/C7H9ClO2.Cl3OP/c8-7-2-4-10-3-1-6(7)5-9;1-5(2,3)4/h5H,1-4H2;. The van der Waals surface area contributed by atoms with Crippen molar-refractivity contribution in [2.75, 3.05) is 13.2 Å². The van der Waals surface area contributed by atoms with E-state index in [-0.39, 0.29) is 0 Å². The highest BCUT2D eigenvalue weighted by Gasteiger charge is 2.07. The van der Waals surface area contributed by atoms with Gasteiger partial charge >= 0.3 is 5.20 Å². The van der Waals surface area contributed by atoms with Crippen molar-refractivity contribution in [3.05, 3.63) is 10.6 Å². The third-order valence-corrected chi connectivity index (χ3v) is 1.90. The Morgan fingerprint density at radius 3 is 2.13 bits per heavy atom. The topological polar surface area (TPSA) is 43.4 Å². The minimum absolute atomic E-state index is 0.615. The average molecular weight is 314 g/mol. The zero-order chi connectivity index (χ0) is 11.9. The van der Waals surface area contributed by atoms with Crippen LogP contribution in [0.15, 0.2) is 10.6 Å². The van der Waals surface area contributed by atoms with Gasteiger partial charge in [0.2, 0.25) is 0 Å². The van der Waals surface area contributed by atoms with Crippen LogP contribution in [-0.4, -0.2) is 19.5 Å². The average Bonchev–Trinajstić information content (AvgIpc) is 2.26. The van der Waals surface area contributed by atoms with Crippen LogP contribution in [0.2, 0.25) is 0 Å². The fraction of sp³-hybridized carbons (Fsp3) is 0.571. The van der Waals surface area contributed by atoms with Gasteiger partial charge in [-0.25, -0.2) is 0 Å². The minimum Gasteiger partial charge on any atom is -0.381 e. The van der Waals surface area contributed by atoms with Gasteiger partial charge in [0.25, 0.3) is 0 Å². The summed E-state index contributed by atoms with van der Waals surface area (Å²) in [5.74, 6) is 0. The second-order valence-corrected chi connectivity index (χ2v) is 9.65. The lowest BCUT2D eigenvalue weighted by atomic mass is 10.2. The van der Waals surface area contributed by atoms with Crippen LogP contribution < -0.4 is 0 Å². The molecule has 0 unspecified atom stereocenters. The number of carbonyl (C=O) groups excluding carboxylic acids is 1. The van der Waals surface area contributed by atoms with E-state index in [1.54, 1.807) is 0 Å². The molecule has 8 heteroatoms. The molecular formula is C7H9Cl4O3P. The molecule has 1 aliphatic rings. The van der Waals surface area contributed by atoms with Gasteiger partial charge < -0.3 is 4.74 Å². The number of halogens is 4. The van der Waals surface area contributed by atoms with E-state index in [0.717, 1.165) is 6.29 Å². The molecular weight excluding hydrogens is 305 g/mol. The van der Waals surface area contributed by atoms with E-state index in [4.69, 9.17) is 16.3 Å². The van der Waals surface area contributed by atoms with Crippen LogP contribution in [0.1, 0.15) is 12.8 Å². The fourth-order valence-corrected chi connectivity index (χ4v) is 1.08. The van der Waals surface area contributed by atoms with Gasteiger partial charge in [-0.05, 0) is 33.7 Å². The molecule has 0 aliphatic carbocycles. The molecule has 0 atom stereocenters. The maximum atomic E-state index is 10.3. The first-order valence-corrected chi connectivity index (χ1v) is 8.74. The van der Waals surface area contributed by atoms with Gasteiger partial charge in [-0.2, -0.15) is 0 Å². The molecule has 15 heavy (non-hydrogen) atoms. The van der Waals surface area contributed by atoms with E-state index >= 15 is 0 Å². The van der Waals surface area contributed by atoms with Gasteiger partial charge in [0, 0.05) is 23.4 Å². The molecule has 0 amide bonds. The van der Waals surface area contributed by atoms with E-state index in [1.807, 2.05) is 0 Å². The van der Waals surface area contributed by atoms with Crippen LogP contribution >= 0.6 is 50.5 Å². The maximum absolute atomic E-state index is 10.3. The fourth-order valence-electron chi connectivity index (χ4n) is 0.865. The molecule has 1 rings (SSSR count). The van der Waals surface area contributed by atoms with E-state index < -0.39 is 5.20 Å². The lowest BCUT2D eigenvalue weighted by molar-refractivity contribution is -0.105. The van der Waals surface area contributed by atoms with E-state index in [2.05, 4.69) is 33.7 Å². The maximum Gasteiger partial charge on any atom is 0.339 e. The highest BCUT2D eigenvalue weighted by atomic mass is 36.0. The quantitative estimate of drug-likeness (QED) is 0.535. The predicted octanol–water partition coefficient (Wildman–Crippen LogP) is 4.30. The Bertz CT molecular complexity index is 278. The molecule has 0 saturated carbocycles. The van der Waals surface area contributed by atoms with E-state index in [0.29, 0.717) is 36.7 Å². The summed E-state index contributed by atoms with van der Waals surface area (Å²) in [5, 5.41) is -2.56. The van der Waals surface area contributed by atoms with Crippen LogP contribution in [-0.2, 0) is 14.1 Å². The molecule has 0 aromatic heterocycles. The van der Waals surface area contributed by atoms with Crippen molar-refractivity contribution in [1.82, 2.24) is 0 Å². The Balaban J connectivity index is 0.000000336. The van der Waals surface area contributed by atoms with Crippen molar-refractivity contribution >= 4 is 56.8 Å². The number of hydrogen-bond donors (Lipinski definition) is 0. The van der Waals surface area contributed by atoms with Crippen LogP contribution in [0.4, 0.5) is 0 Å². The first-order valence-electron chi connectivity index (χ1n) is 3.94. The van der Waals surface area contributed by atoms with Gasteiger partial charge in [0.1, 0.15) is 6.29 Å². The van der Waals surface area contributed by atoms with Crippen molar-refractivity contribution in [3.8, 4) is 0 Å². The second-order valence-electron chi connectivity index (χ2n) is 2.56. The van der Waals surface area contributed by atoms with Gasteiger partial charge in [-0.1, -0.05) is 11.6 Å². The van der Waals surface area contributed by atoms with Crippen molar-refractivity contribution < 1.29 is 14.1 Å². The lowest BCUT2D eigenvalue weighted by Crippen LogP contribution is -1.92. The third kappa shape index (κ3) is 11.0. The molecule has 3 nitrogen and oxygen atoms in total. The third-order valence-electron chi connectivity index (χ3n) is 1.47. The Labute approximate surface area is 107 Å². The number of carbonyl (C=O) groups is 1. The van der Waals surface area contributed by atoms with Crippen molar-refractivity contribution in [1.29, 1.82) is 0 Å². The summed E-state index contributed by atoms with van der Waals surface area (Å²) in [5.41, 5.74) is 0.694. The van der Waals surface area contributed by atoms with Crippen LogP contribution in [0.5, 0.6) is 0 Å². The van der Waals surface area contributed by atoms with Gasteiger partial charge in [0.05, 0.1) is 13.2 Å². The molecule has 0 fully saturated rings. The summed E-state index contributed by atoms with van der Waals surface area (Å²) < 4.78 is 14.6. The van der Waals surface area contributed by atoms with Crippen LogP contribution in [0, 0.1) is 0 Å². The van der Waals surface area contributed by atoms with Crippen LogP contribution in [0.3, 0.4) is 0 Å². The van der Waals surface area contributed by atoms with Gasteiger partial charge in [-0.3, -0.25) is 9.36 Å². The number of hydrogen-bond acceptors (Lipinski definition) is 3. The molecule has 0 aromatic carbocycles. The highest BCUT2D eigenvalue weighted by molar-refractivity contribution is 8.24. The Hall–Kier alpha value is 0.760. The van der Waals surface area contributed by atoms with E-state index in [9.17, 15) is 9.36 Å². The largest absolute Gasteiger partial charge is 0.381 e. The minimum atomic E-state index is -3.22. The van der Waals surface area contributed by atoms with Crippen molar-refractivity contribution in [3.63, 3.8) is 0 Å². The normalized spacial score (nSPS) is 17.6. The molecule has 88 valence electrons. The monoisotopic (exact) mass is 312 g/mol. The Kier molecular flexibility index (Phi) is 8.34. The summed E-state index contributed by atoms with van der Waals surface area (Å²) in [4.78, 5) is 10.3. The molecule has 0 saturated heterocycles.